The number of nitrogens with zero attached hydrogens (tertiary/aromatic N) is 1. The van der Waals surface area contributed by atoms with Crippen LogP contribution in [0.5, 0.6) is 0 Å². The van der Waals surface area contributed by atoms with E-state index in [1.807, 2.05) is 26.0 Å². The zero-order valence-electron chi connectivity index (χ0n) is 10.7. The predicted octanol–water partition coefficient (Wildman–Crippen LogP) is 3.22. The average molecular weight is 275 g/mol. The molecule has 0 saturated heterocycles. The van der Waals surface area contributed by atoms with Crippen molar-refractivity contribution in [2.75, 3.05) is 5.32 Å². The average Bonchev–Trinajstić information content (AvgIpc) is 2.26. The second-order valence-electron chi connectivity index (χ2n) is 4.39. The highest BCUT2D eigenvalue weighted by molar-refractivity contribution is 7.80. The van der Waals surface area contributed by atoms with Crippen LogP contribution < -0.4 is 11.1 Å². The fourth-order valence-corrected chi connectivity index (χ4v) is 1.95. The molecule has 1 aromatic heterocycles. The van der Waals surface area contributed by atoms with Crippen LogP contribution in [-0.2, 0) is 0 Å². The van der Waals surface area contributed by atoms with Crippen LogP contribution in [-0.4, -0.2) is 9.97 Å². The minimum atomic E-state index is -0.287. The van der Waals surface area contributed by atoms with Gasteiger partial charge in [0, 0.05) is 16.9 Å². The summed E-state index contributed by atoms with van der Waals surface area (Å²) in [5.74, 6) is 0.303. The Labute approximate surface area is 116 Å². The van der Waals surface area contributed by atoms with E-state index < -0.39 is 0 Å². The maximum atomic E-state index is 13.3. The van der Waals surface area contributed by atoms with Crippen molar-refractivity contribution >= 4 is 28.7 Å². The molecular weight excluding hydrogens is 261 g/mol. The second-order valence-corrected chi connectivity index (χ2v) is 4.83. The number of hydrogen-bond donors (Lipinski definition) is 2. The van der Waals surface area contributed by atoms with Crippen molar-refractivity contribution in [3.8, 4) is 0 Å². The van der Waals surface area contributed by atoms with E-state index in [2.05, 4.69) is 10.3 Å². The van der Waals surface area contributed by atoms with Gasteiger partial charge in [-0.05, 0) is 49.7 Å². The van der Waals surface area contributed by atoms with Gasteiger partial charge >= 0.3 is 0 Å². The fraction of sp³-hybridized carbons (Fsp3) is 0.143. The Bertz CT molecular complexity index is 620. The van der Waals surface area contributed by atoms with Crippen LogP contribution in [0.25, 0.3) is 0 Å². The highest BCUT2D eigenvalue weighted by Gasteiger charge is 2.04. The van der Waals surface area contributed by atoms with Crippen molar-refractivity contribution in [1.29, 1.82) is 0 Å². The topological polar surface area (TPSA) is 50.9 Å². The SMILES string of the molecule is Cc1cc(F)cc(Nc2cc(C(N)=S)cc(C)n2)c1. The highest BCUT2D eigenvalue weighted by atomic mass is 32.1. The number of benzene rings is 1. The van der Waals surface area contributed by atoms with Gasteiger partial charge in [-0.25, -0.2) is 9.37 Å². The first kappa shape index (κ1) is 13.4. The summed E-state index contributed by atoms with van der Waals surface area (Å²) in [6, 6.07) is 8.28. The number of thiocarbonyl (C=S) groups is 1. The maximum Gasteiger partial charge on any atom is 0.131 e. The van der Waals surface area contributed by atoms with E-state index in [0.717, 1.165) is 16.8 Å². The van der Waals surface area contributed by atoms with E-state index >= 15 is 0 Å². The lowest BCUT2D eigenvalue weighted by molar-refractivity contribution is 0.627. The number of halogens is 1. The molecule has 1 heterocycles. The molecule has 0 unspecified atom stereocenters. The molecule has 19 heavy (non-hydrogen) atoms. The summed E-state index contributed by atoms with van der Waals surface area (Å²) in [6.45, 7) is 3.68. The second kappa shape index (κ2) is 5.32. The quantitative estimate of drug-likeness (QED) is 0.845. The molecule has 0 spiro atoms. The van der Waals surface area contributed by atoms with E-state index in [0.29, 0.717) is 16.5 Å². The zero-order valence-corrected chi connectivity index (χ0v) is 11.5. The number of anilines is 2. The number of pyridine rings is 1. The molecule has 0 atom stereocenters. The molecule has 0 aliphatic heterocycles. The van der Waals surface area contributed by atoms with Gasteiger partial charge < -0.3 is 11.1 Å². The molecule has 2 aromatic rings. The number of nitrogens with two attached hydrogens (primary N) is 1. The van der Waals surface area contributed by atoms with Crippen molar-refractivity contribution in [3.63, 3.8) is 0 Å². The summed E-state index contributed by atoms with van der Waals surface area (Å²) < 4.78 is 13.3. The molecule has 1 aromatic carbocycles. The van der Waals surface area contributed by atoms with Crippen LogP contribution in [0.3, 0.4) is 0 Å². The van der Waals surface area contributed by atoms with Gasteiger partial charge in [0.15, 0.2) is 0 Å². The first-order valence-corrected chi connectivity index (χ1v) is 6.17. The highest BCUT2D eigenvalue weighted by Crippen LogP contribution is 2.19. The lowest BCUT2D eigenvalue weighted by Gasteiger charge is -2.09. The van der Waals surface area contributed by atoms with Gasteiger partial charge in [-0.15, -0.1) is 0 Å². The minimum absolute atomic E-state index is 0.287. The van der Waals surface area contributed by atoms with Crippen molar-refractivity contribution in [3.05, 3.63) is 53.0 Å². The van der Waals surface area contributed by atoms with Gasteiger partial charge in [-0.3, -0.25) is 0 Å². The molecular formula is C14H14FN3S. The van der Waals surface area contributed by atoms with Crippen LogP contribution in [0, 0.1) is 19.7 Å². The molecule has 5 heteroatoms. The van der Waals surface area contributed by atoms with Crippen LogP contribution in [0.15, 0.2) is 30.3 Å². The molecule has 0 radical (unpaired) electrons. The normalized spacial score (nSPS) is 10.3. The first-order chi connectivity index (χ1) is 8.94. The van der Waals surface area contributed by atoms with Gasteiger partial charge in [-0.2, -0.15) is 0 Å². The van der Waals surface area contributed by atoms with Crippen LogP contribution in [0.2, 0.25) is 0 Å². The molecule has 0 saturated carbocycles. The third-order valence-corrected chi connectivity index (χ3v) is 2.79. The standard InChI is InChI=1S/C14H14FN3S/c1-8-3-11(15)7-12(4-8)18-13-6-10(14(16)19)5-9(2)17-13/h3-7H,1-2H3,(H2,16,19)(H,17,18). The molecule has 3 N–H and O–H groups in total. The van der Waals surface area contributed by atoms with Crippen molar-refractivity contribution in [2.45, 2.75) is 13.8 Å². The van der Waals surface area contributed by atoms with Crippen LogP contribution in [0.1, 0.15) is 16.8 Å². The molecule has 98 valence electrons. The van der Waals surface area contributed by atoms with E-state index in [1.165, 1.54) is 12.1 Å². The third kappa shape index (κ3) is 3.48. The molecule has 0 aliphatic carbocycles. The molecule has 0 aliphatic rings. The largest absolute Gasteiger partial charge is 0.389 e. The van der Waals surface area contributed by atoms with Crippen LogP contribution in [0.4, 0.5) is 15.9 Å². The number of rotatable bonds is 3. The molecule has 2 rings (SSSR count). The lowest BCUT2D eigenvalue weighted by atomic mass is 10.2. The van der Waals surface area contributed by atoms with Gasteiger partial charge in [0.2, 0.25) is 0 Å². The van der Waals surface area contributed by atoms with Crippen molar-refractivity contribution in [2.24, 2.45) is 5.73 Å². The van der Waals surface area contributed by atoms with Gasteiger partial charge in [0.05, 0.1) is 0 Å². The lowest BCUT2D eigenvalue weighted by Crippen LogP contribution is -2.10. The molecule has 0 fully saturated rings. The summed E-state index contributed by atoms with van der Waals surface area (Å²) in [5.41, 5.74) is 8.62. The van der Waals surface area contributed by atoms with Crippen molar-refractivity contribution in [1.82, 2.24) is 4.98 Å². The number of aromatic nitrogens is 1. The Morgan fingerprint density at radius 2 is 1.95 bits per heavy atom. The summed E-state index contributed by atoms with van der Waals surface area (Å²) in [6.07, 6.45) is 0. The maximum absolute atomic E-state index is 13.3. The molecule has 0 amide bonds. The van der Waals surface area contributed by atoms with E-state index in [4.69, 9.17) is 18.0 Å². The van der Waals surface area contributed by atoms with Crippen molar-refractivity contribution < 1.29 is 4.39 Å². The Morgan fingerprint density at radius 1 is 1.21 bits per heavy atom. The van der Waals surface area contributed by atoms with E-state index in [1.54, 1.807) is 6.07 Å². The predicted molar refractivity (Wildman–Crippen MR) is 79.3 cm³/mol. The molecule has 3 nitrogen and oxygen atoms in total. The monoisotopic (exact) mass is 275 g/mol. The number of hydrogen-bond acceptors (Lipinski definition) is 3. The van der Waals surface area contributed by atoms with Gasteiger partial charge in [0.1, 0.15) is 16.6 Å². The summed E-state index contributed by atoms with van der Waals surface area (Å²) in [5, 5.41) is 3.06. The minimum Gasteiger partial charge on any atom is -0.389 e. The smallest absolute Gasteiger partial charge is 0.131 e. The first-order valence-electron chi connectivity index (χ1n) is 5.77. The Balaban J connectivity index is 2.35. The van der Waals surface area contributed by atoms with Gasteiger partial charge in [0.25, 0.3) is 0 Å². The fourth-order valence-electron chi connectivity index (χ4n) is 1.83. The Morgan fingerprint density at radius 3 is 2.58 bits per heavy atom. The number of aryl methyl sites for hydroxylation is 2. The summed E-state index contributed by atoms with van der Waals surface area (Å²) in [7, 11) is 0. The summed E-state index contributed by atoms with van der Waals surface area (Å²) >= 11 is 4.95. The van der Waals surface area contributed by atoms with Crippen LogP contribution >= 0.6 is 12.2 Å². The van der Waals surface area contributed by atoms with E-state index in [-0.39, 0.29) is 5.82 Å². The number of nitrogens with one attached hydrogen (secondary N) is 1. The third-order valence-electron chi connectivity index (χ3n) is 2.55. The zero-order chi connectivity index (χ0) is 14.0. The summed E-state index contributed by atoms with van der Waals surface area (Å²) in [4.78, 5) is 4.63. The van der Waals surface area contributed by atoms with E-state index in [9.17, 15) is 4.39 Å². The Kier molecular flexibility index (Phi) is 3.76. The Hall–Kier alpha value is -2.01. The molecule has 0 bridgehead atoms. The van der Waals surface area contributed by atoms with Gasteiger partial charge in [-0.1, -0.05) is 12.2 Å².